The van der Waals surface area contributed by atoms with Crippen LogP contribution < -0.4 is 11.1 Å². The molecule has 0 aliphatic heterocycles. The summed E-state index contributed by atoms with van der Waals surface area (Å²) >= 11 is 0. The first-order valence-corrected chi connectivity index (χ1v) is 7.45. The highest BCUT2D eigenvalue weighted by Gasteiger charge is 2.29. The van der Waals surface area contributed by atoms with Gasteiger partial charge >= 0.3 is 0 Å². The van der Waals surface area contributed by atoms with Gasteiger partial charge in [0.25, 0.3) is 5.91 Å². The third-order valence-corrected chi connectivity index (χ3v) is 4.22. The molecule has 0 saturated heterocycles. The summed E-state index contributed by atoms with van der Waals surface area (Å²) in [5.41, 5.74) is 8.17. The summed E-state index contributed by atoms with van der Waals surface area (Å²) < 4.78 is 0. The topological polar surface area (TPSA) is 55.1 Å². The number of carbonyl (C=O) groups is 1. The lowest BCUT2D eigenvalue weighted by Crippen LogP contribution is -2.36. The molecule has 0 aromatic heterocycles. The van der Waals surface area contributed by atoms with E-state index in [0.29, 0.717) is 17.2 Å². The standard InChI is InChI=1S/C18H20N2O.ClH/c19-16-11-5-10-15(12-16)18(21)20-17(14-8-4-9-14)13-6-2-1-3-7-13;/h1-3,5-7,10-12,14,17H,4,8-9,19H2,(H,20,21);1H. The number of hydrogen-bond donors (Lipinski definition) is 2. The largest absolute Gasteiger partial charge is 0.399 e. The van der Waals surface area contributed by atoms with E-state index in [1.807, 2.05) is 24.3 Å². The number of anilines is 1. The van der Waals surface area contributed by atoms with Gasteiger partial charge in [-0.05, 0) is 42.5 Å². The average molecular weight is 317 g/mol. The van der Waals surface area contributed by atoms with Crippen LogP contribution >= 0.6 is 12.4 Å². The molecule has 0 spiro atoms. The molecule has 1 unspecified atom stereocenters. The Kier molecular flexibility index (Phi) is 5.45. The van der Waals surface area contributed by atoms with Crippen LogP contribution in [0.3, 0.4) is 0 Å². The molecule has 22 heavy (non-hydrogen) atoms. The van der Waals surface area contributed by atoms with Crippen molar-refractivity contribution in [2.45, 2.75) is 25.3 Å². The van der Waals surface area contributed by atoms with Crippen LogP contribution in [0.5, 0.6) is 0 Å². The minimum Gasteiger partial charge on any atom is -0.399 e. The zero-order valence-corrected chi connectivity index (χ0v) is 13.2. The number of carbonyl (C=O) groups excluding carboxylic acids is 1. The van der Waals surface area contributed by atoms with Gasteiger partial charge in [-0.2, -0.15) is 0 Å². The second-order valence-corrected chi connectivity index (χ2v) is 5.68. The smallest absolute Gasteiger partial charge is 0.251 e. The molecular formula is C18H21ClN2O. The number of halogens is 1. The van der Waals surface area contributed by atoms with Crippen molar-refractivity contribution in [3.8, 4) is 0 Å². The molecule has 3 nitrogen and oxygen atoms in total. The Morgan fingerprint density at radius 3 is 2.41 bits per heavy atom. The number of amides is 1. The molecule has 4 heteroatoms. The Balaban J connectivity index is 0.00000176. The Morgan fingerprint density at radius 2 is 1.82 bits per heavy atom. The van der Waals surface area contributed by atoms with E-state index in [4.69, 9.17) is 5.73 Å². The second kappa shape index (κ2) is 7.32. The zero-order chi connectivity index (χ0) is 14.7. The maximum absolute atomic E-state index is 12.5. The third kappa shape index (κ3) is 3.60. The number of nitrogens with one attached hydrogen (secondary N) is 1. The normalized spacial score (nSPS) is 15.3. The summed E-state index contributed by atoms with van der Waals surface area (Å²) in [5, 5.41) is 3.18. The molecule has 3 N–H and O–H groups in total. The van der Waals surface area contributed by atoms with Crippen molar-refractivity contribution in [2.24, 2.45) is 5.92 Å². The van der Waals surface area contributed by atoms with E-state index in [2.05, 4.69) is 17.4 Å². The first kappa shape index (κ1) is 16.4. The van der Waals surface area contributed by atoms with Crippen molar-refractivity contribution in [1.29, 1.82) is 0 Å². The van der Waals surface area contributed by atoms with Crippen LogP contribution in [0, 0.1) is 5.92 Å². The quantitative estimate of drug-likeness (QED) is 0.839. The Morgan fingerprint density at radius 1 is 1.09 bits per heavy atom. The fourth-order valence-electron chi connectivity index (χ4n) is 2.81. The van der Waals surface area contributed by atoms with Gasteiger partial charge in [-0.1, -0.05) is 42.8 Å². The molecule has 3 rings (SSSR count). The number of hydrogen-bond acceptors (Lipinski definition) is 2. The maximum Gasteiger partial charge on any atom is 0.251 e. The summed E-state index contributed by atoms with van der Waals surface area (Å²) in [4.78, 5) is 12.5. The predicted molar refractivity (Wildman–Crippen MR) is 92.1 cm³/mol. The van der Waals surface area contributed by atoms with Gasteiger partial charge in [-0.15, -0.1) is 12.4 Å². The number of benzene rings is 2. The van der Waals surface area contributed by atoms with Gasteiger partial charge in [-0.3, -0.25) is 4.79 Å². The first-order valence-electron chi connectivity index (χ1n) is 7.45. The molecule has 1 fully saturated rings. The highest BCUT2D eigenvalue weighted by atomic mass is 35.5. The van der Waals surface area contributed by atoms with Crippen molar-refractivity contribution in [3.63, 3.8) is 0 Å². The fourth-order valence-corrected chi connectivity index (χ4v) is 2.81. The summed E-state index contributed by atoms with van der Waals surface area (Å²) in [7, 11) is 0. The van der Waals surface area contributed by atoms with Crippen LogP contribution in [0.15, 0.2) is 54.6 Å². The summed E-state index contributed by atoms with van der Waals surface area (Å²) in [6.07, 6.45) is 3.61. The molecule has 0 bridgehead atoms. The SMILES string of the molecule is Cl.Nc1cccc(C(=O)NC(c2ccccc2)C2CCC2)c1. The highest BCUT2D eigenvalue weighted by molar-refractivity contribution is 5.95. The van der Waals surface area contributed by atoms with Gasteiger partial charge < -0.3 is 11.1 Å². The predicted octanol–water partition coefficient (Wildman–Crippen LogP) is 3.96. The summed E-state index contributed by atoms with van der Waals surface area (Å²) in [6, 6.07) is 17.4. The Labute approximate surface area is 137 Å². The van der Waals surface area contributed by atoms with E-state index in [9.17, 15) is 4.79 Å². The van der Waals surface area contributed by atoms with Crippen molar-refractivity contribution in [3.05, 3.63) is 65.7 Å². The molecule has 0 radical (unpaired) electrons. The Hall–Kier alpha value is -2.00. The van der Waals surface area contributed by atoms with E-state index in [1.54, 1.807) is 18.2 Å². The molecule has 116 valence electrons. The van der Waals surface area contributed by atoms with E-state index < -0.39 is 0 Å². The van der Waals surface area contributed by atoms with Crippen LogP contribution in [0.2, 0.25) is 0 Å². The molecule has 0 heterocycles. The number of rotatable bonds is 4. The van der Waals surface area contributed by atoms with Crippen molar-refractivity contribution in [1.82, 2.24) is 5.32 Å². The minimum atomic E-state index is -0.0527. The van der Waals surface area contributed by atoms with Crippen LogP contribution in [0.25, 0.3) is 0 Å². The Bertz CT molecular complexity index is 626. The van der Waals surface area contributed by atoms with Crippen LogP contribution in [0.4, 0.5) is 5.69 Å². The van der Waals surface area contributed by atoms with Crippen molar-refractivity contribution >= 4 is 24.0 Å². The zero-order valence-electron chi connectivity index (χ0n) is 12.4. The lowest BCUT2D eigenvalue weighted by molar-refractivity contribution is 0.0900. The molecule has 1 atom stereocenters. The van der Waals surface area contributed by atoms with E-state index in [0.717, 1.165) is 0 Å². The summed E-state index contributed by atoms with van der Waals surface area (Å²) in [5.74, 6) is 0.487. The molecule has 1 saturated carbocycles. The van der Waals surface area contributed by atoms with Gasteiger partial charge in [0.05, 0.1) is 6.04 Å². The first-order chi connectivity index (χ1) is 10.2. The molecule has 2 aromatic rings. The third-order valence-electron chi connectivity index (χ3n) is 4.22. The molecule has 1 aliphatic rings. The van der Waals surface area contributed by atoms with E-state index in [-0.39, 0.29) is 24.4 Å². The van der Waals surface area contributed by atoms with Gasteiger partial charge in [-0.25, -0.2) is 0 Å². The average Bonchev–Trinajstić information content (AvgIpc) is 2.45. The van der Waals surface area contributed by atoms with E-state index in [1.165, 1.54) is 24.8 Å². The van der Waals surface area contributed by atoms with Crippen molar-refractivity contribution < 1.29 is 4.79 Å². The fraction of sp³-hybridized carbons (Fsp3) is 0.278. The second-order valence-electron chi connectivity index (χ2n) is 5.68. The van der Waals surface area contributed by atoms with Crippen molar-refractivity contribution in [2.75, 3.05) is 5.73 Å². The molecule has 1 amide bonds. The van der Waals surface area contributed by atoms with E-state index >= 15 is 0 Å². The van der Waals surface area contributed by atoms with Gasteiger partial charge in [0.2, 0.25) is 0 Å². The minimum absolute atomic E-state index is 0. The van der Waals surface area contributed by atoms with Crippen LogP contribution in [-0.2, 0) is 0 Å². The molecule has 2 aromatic carbocycles. The monoisotopic (exact) mass is 316 g/mol. The molecule has 1 aliphatic carbocycles. The maximum atomic E-state index is 12.5. The molecular weight excluding hydrogens is 296 g/mol. The lowest BCUT2D eigenvalue weighted by Gasteiger charge is -2.34. The van der Waals surface area contributed by atoms with Crippen LogP contribution in [0.1, 0.15) is 41.2 Å². The number of nitrogens with two attached hydrogens (primary N) is 1. The van der Waals surface area contributed by atoms with Gasteiger partial charge in [0.15, 0.2) is 0 Å². The lowest BCUT2D eigenvalue weighted by atomic mass is 9.77. The summed E-state index contributed by atoms with van der Waals surface area (Å²) in [6.45, 7) is 0. The van der Waals surface area contributed by atoms with Crippen LogP contribution in [-0.4, -0.2) is 5.91 Å². The number of nitrogen functional groups attached to an aromatic ring is 1. The highest BCUT2D eigenvalue weighted by Crippen LogP contribution is 2.37. The van der Waals surface area contributed by atoms with Gasteiger partial charge in [0, 0.05) is 11.3 Å². The van der Waals surface area contributed by atoms with Gasteiger partial charge in [0.1, 0.15) is 0 Å².